The van der Waals surface area contributed by atoms with Crippen LogP contribution in [0.4, 0.5) is 0 Å². The predicted octanol–water partition coefficient (Wildman–Crippen LogP) is -1.93. The minimum atomic E-state index is -0.221. The Labute approximate surface area is 282 Å². The van der Waals surface area contributed by atoms with Crippen LogP contribution in [0.2, 0.25) is 0 Å². The Kier molecular flexibility index (Phi) is 19.4. The Balaban J connectivity index is 0.00000289. The molecule has 0 amide bonds. The van der Waals surface area contributed by atoms with Crippen LogP contribution in [-0.2, 0) is 26.2 Å². The maximum Gasteiger partial charge on any atom is 4.00 e. The number of aryl methyl sites for hydroxylation is 2. The normalized spacial score (nSPS) is 18.1. The predicted molar refractivity (Wildman–Crippen MR) is 152 cm³/mol. The summed E-state index contributed by atoms with van der Waals surface area (Å²) in [6.45, 7) is 4.43. The Hall–Kier alpha value is 0.133. The van der Waals surface area contributed by atoms with Crippen molar-refractivity contribution in [2.24, 2.45) is 5.92 Å². The third kappa shape index (κ3) is 9.84. The van der Waals surface area contributed by atoms with Gasteiger partial charge >= 0.3 is 26.2 Å². The van der Waals surface area contributed by atoms with E-state index in [1.807, 2.05) is 0 Å². The molecular weight excluding hydrogens is 660 g/mol. The molecule has 3 aliphatic carbocycles. The second-order valence-electron chi connectivity index (χ2n) is 10.8. The van der Waals surface area contributed by atoms with Gasteiger partial charge in [0.2, 0.25) is 0 Å². The van der Waals surface area contributed by atoms with Crippen molar-refractivity contribution in [3.8, 4) is 0 Å². The van der Waals surface area contributed by atoms with Crippen LogP contribution in [-0.4, -0.2) is 11.3 Å². The van der Waals surface area contributed by atoms with Crippen LogP contribution in [0.3, 0.4) is 0 Å². The Morgan fingerprint density at radius 1 is 0.564 bits per heavy atom. The fourth-order valence-electron chi connectivity index (χ4n) is 6.38. The summed E-state index contributed by atoms with van der Waals surface area (Å²) in [7, 11) is -0.221. The molecule has 39 heavy (non-hydrogen) atoms. The van der Waals surface area contributed by atoms with Gasteiger partial charge in [-0.05, 0) is 72.9 Å². The van der Waals surface area contributed by atoms with E-state index in [4.69, 9.17) is 0 Å². The van der Waals surface area contributed by atoms with Crippen molar-refractivity contribution in [1.29, 1.82) is 0 Å². The van der Waals surface area contributed by atoms with Crippen molar-refractivity contribution < 1.29 is 75.8 Å². The minimum absolute atomic E-state index is 0. The first-order valence-corrected chi connectivity index (χ1v) is 15.2. The van der Waals surface area contributed by atoms with Crippen LogP contribution in [0.1, 0.15) is 86.5 Å². The first-order chi connectivity index (χ1) is 16.7. The summed E-state index contributed by atoms with van der Waals surface area (Å²) in [6.07, 6.45) is 23.7. The van der Waals surface area contributed by atoms with Crippen LogP contribution < -0.4 is 49.6 Å². The van der Waals surface area contributed by atoms with Gasteiger partial charge in [-0.2, -0.15) is 0 Å². The summed E-state index contributed by atoms with van der Waals surface area (Å²) >= 11 is 0. The van der Waals surface area contributed by atoms with E-state index in [-0.39, 0.29) is 83.8 Å². The minimum Gasteiger partial charge on any atom is -1.00 e. The molecule has 3 aliphatic rings. The summed E-state index contributed by atoms with van der Waals surface area (Å²) in [4.78, 5) is 0. The smallest absolute Gasteiger partial charge is 1.00 e. The van der Waals surface area contributed by atoms with Crippen molar-refractivity contribution in [2.45, 2.75) is 89.4 Å². The average molecular weight is 702 g/mol. The fourth-order valence-corrected chi connectivity index (χ4v) is 10.6. The number of hydrogen-bond acceptors (Lipinski definition) is 0. The van der Waals surface area contributed by atoms with Crippen LogP contribution in [0.25, 0.3) is 10.9 Å². The van der Waals surface area contributed by atoms with Gasteiger partial charge in [-0.1, -0.05) is 130 Å². The van der Waals surface area contributed by atoms with Gasteiger partial charge < -0.3 is 49.6 Å². The number of hydrogen-bond donors (Lipinski definition) is 0. The van der Waals surface area contributed by atoms with Gasteiger partial charge in [-0.25, -0.2) is 0 Å². The summed E-state index contributed by atoms with van der Waals surface area (Å²) in [5.41, 5.74) is 9.00. The summed E-state index contributed by atoms with van der Waals surface area (Å²) < 4.78 is 0. The molecule has 2 saturated carbocycles. The maximum atomic E-state index is 2.45. The van der Waals surface area contributed by atoms with Gasteiger partial charge in [-0.15, -0.1) is 0 Å². The van der Waals surface area contributed by atoms with Gasteiger partial charge in [0.25, 0.3) is 0 Å². The summed E-state index contributed by atoms with van der Waals surface area (Å²) in [6, 6.07) is 19.0. The molecule has 2 fully saturated rings. The van der Waals surface area contributed by atoms with E-state index >= 15 is 0 Å². The number of rotatable bonds is 6. The molecule has 0 bridgehead atoms. The zero-order chi connectivity index (χ0) is 23.3. The Bertz CT molecular complexity index is 1020. The topological polar surface area (TPSA) is 0 Å². The zero-order valence-electron chi connectivity index (χ0n) is 23.2. The van der Waals surface area contributed by atoms with Gasteiger partial charge in [-0.3, -0.25) is 0 Å². The molecular formula is C33H41Cl4PZr. The van der Waals surface area contributed by atoms with Crippen molar-refractivity contribution in [1.82, 2.24) is 0 Å². The second-order valence-corrected chi connectivity index (χ2v) is 13.5. The number of allylic oxidation sites excluding steroid dienone is 5. The molecule has 210 valence electrons. The SMILES string of the molecule is Cc1ccc(C(=C(c2ccc(C)cc2)P(C2CCCCC2)C2CCCCC2)C2C=CC=C2)cc1.[Cl-].[Cl-].[Cl-].[Cl-].[Zr+4]. The van der Waals surface area contributed by atoms with E-state index in [1.165, 1.54) is 86.5 Å². The molecule has 0 radical (unpaired) electrons. The van der Waals surface area contributed by atoms with Crippen molar-refractivity contribution in [3.05, 3.63) is 95.1 Å². The van der Waals surface area contributed by atoms with Gasteiger partial charge in [0.15, 0.2) is 0 Å². The molecule has 2 aromatic carbocycles. The van der Waals surface area contributed by atoms with E-state index in [0.717, 1.165) is 11.3 Å². The van der Waals surface area contributed by atoms with Crippen LogP contribution in [0.15, 0.2) is 72.8 Å². The van der Waals surface area contributed by atoms with E-state index < -0.39 is 0 Å². The van der Waals surface area contributed by atoms with Gasteiger partial charge in [0.05, 0.1) is 0 Å². The quantitative estimate of drug-likeness (QED) is 0.244. The fraction of sp³-hybridized carbons (Fsp3) is 0.455. The monoisotopic (exact) mass is 698 g/mol. The first-order valence-electron chi connectivity index (χ1n) is 13.7. The molecule has 0 N–H and O–H groups in total. The third-order valence-corrected chi connectivity index (χ3v) is 11.8. The maximum absolute atomic E-state index is 2.45. The van der Waals surface area contributed by atoms with Crippen molar-refractivity contribution >= 4 is 18.8 Å². The number of halogens is 4. The molecule has 0 unspecified atom stereocenters. The molecule has 0 spiro atoms. The Morgan fingerprint density at radius 2 is 0.949 bits per heavy atom. The molecule has 0 aliphatic heterocycles. The second kappa shape index (κ2) is 19.3. The van der Waals surface area contributed by atoms with E-state index in [1.54, 1.807) is 10.9 Å². The molecule has 6 heteroatoms. The largest absolute Gasteiger partial charge is 4.00 e. The van der Waals surface area contributed by atoms with E-state index in [9.17, 15) is 0 Å². The third-order valence-electron chi connectivity index (χ3n) is 8.22. The van der Waals surface area contributed by atoms with Gasteiger partial charge in [0.1, 0.15) is 0 Å². The molecule has 0 aromatic heterocycles. The molecule has 0 atom stereocenters. The van der Waals surface area contributed by atoms with E-state index in [0.29, 0.717) is 5.92 Å². The zero-order valence-corrected chi connectivity index (χ0v) is 29.6. The molecule has 5 rings (SSSR count). The van der Waals surface area contributed by atoms with Crippen LogP contribution in [0, 0.1) is 19.8 Å². The molecule has 0 nitrogen and oxygen atoms in total. The van der Waals surface area contributed by atoms with Crippen molar-refractivity contribution in [2.75, 3.05) is 0 Å². The standard InChI is InChI=1S/C33H41P.4ClH.Zr/c1-25-17-21-28(22-18-25)32(27-11-9-10-12-27)33(29-23-19-26(2)20-24-29)34(30-13-5-3-6-14-30)31-15-7-4-8-16-31;;;;;/h9-12,17-24,27,30-31H,3-8,13-16H2,1-2H3;4*1H;/q;;;;;+4/p-4. The first kappa shape index (κ1) is 39.1. The molecule has 0 saturated heterocycles. The number of benzene rings is 2. The molecule has 0 heterocycles. The van der Waals surface area contributed by atoms with Crippen LogP contribution >= 0.6 is 7.92 Å². The van der Waals surface area contributed by atoms with E-state index in [2.05, 4.69) is 86.7 Å². The average Bonchev–Trinajstić information content (AvgIpc) is 3.41. The Morgan fingerprint density at radius 3 is 1.36 bits per heavy atom. The van der Waals surface area contributed by atoms with Crippen LogP contribution in [0.5, 0.6) is 0 Å². The van der Waals surface area contributed by atoms with Gasteiger partial charge in [0, 0.05) is 5.92 Å². The summed E-state index contributed by atoms with van der Waals surface area (Å²) in [5.74, 6) is 0.385. The van der Waals surface area contributed by atoms with Crippen molar-refractivity contribution in [3.63, 3.8) is 0 Å². The summed E-state index contributed by atoms with van der Waals surface area (Å²) in [5, 5.41) is 1.74. The molecule has 2 aromatic rings.